The van der Waals surface area contributed by atoms with Gasteiger partial charge >= 0.3 is 23.5 Å². The number of allylic oxidation sites excluding steroid dienone is 3. The first-order valence-corrected chi connectivity index (χ1v) is 24.6. The number of rotatable bonds is 28. The minimum absolute atomic E-state index is 0.0350. The van der Waals surface area contributed by atoms with Crippen molar-refractivity contribution in [2.24, 2.45) is 5.41 Å². The number of ether oxygens (including phenoxy) is 1. The van der Waals surface area contributed by atoms with E-state index in [-0.39, 0.29) is 35.9 Å². The van der Waals surface area contributed by atoms with E-state index >= 15 is 0 Å². The molecule has 10 N–H and O–H groups in total. The summed E-state index contributed by atoms with van der Waals surface area (Å²) in [6.45, 7) is 3.04. The van der Waals surface area contributed by atoms with Gasteiger partial charge in [-0.2, -0.15) is 4.31 Å². The van der Waals surface area contributed by atoms with E-state index in [0.717, 1.165) is 23.6 Å². The molecule has 1 fully saturated rings. The number of aliphatic hydroxyl groups excluding tert-OH is 2. The minimum Gasteiger partial charge on any atom is -0.386 e. The molecule has 1 saturated heterocycles. The van der Waals surface area contributed by atoms with Gasteiger partial charge in [-0.05, 0) is 18.2 Å². The van der Waals surface area contributed by atoms with Crippen molar-refractivity contribution in [2.45, 2.75) is 103 Å². The van der Waals surface area contributed by atoms with Gasteiger partial charge in [0.05, 0.1) is 19.5 Å². The van der Waals surface area contributed by atoms with Crippen molar-refractivity contribution in [1.82, 2.24) is 30.2 Å². The van der Waals surface area contributed by atoms with Gasteiger partial charge in [0.25, 0.3) is 0 Å². The summed E-state index contributed by atoms with van der Waals surface area (Å²) in [7, 11) is -16.4. The van der Waals surface area contributed by atoms with E-state index in [4.69, 9.17) is 19.5 Å². The Balaban J connectivity index is 1.40. The molecule has 1 aliphatic rings. The van der Waals surface area contributed by atoms with Crippen molar-refractivity contribution in [3.63, 3.8) is 0 Å². The molecule has 2 unspecified atom stereocenters. The van der Waals surface area contributed by atoms with E-state index < -0.39 is 78.6 Å². The number of nitrogens with zero attached hydrogens (tertiary/aromatic N) is 4. The molecule has 0 radical (unpaired) electrons. The van der Waals surface area contributed by atoms with Crippen LogP contribution in [-0.2, 0) is 45.9 Å². The monoisotopic (exact) mass is 931 g/mol. The van der Waals surface area contributed by atoms with E-state index in [1.807, 2.05) is 17.6 Å². The number of aliphatic hydroxyl groups is 2. The van der Waals surface area contributed by atoms with Crippen molar-refractivity contribution >= 4 is 64.0 Å². The molecule has 0 aromatic carbocycles. The van der Waals surface area contributed by atoms with E-state index in [9.17, 15) is 53.1 Å². The molecule has 2 aromatic rings. The van der Waals surface area contributed by atoms with E-state index in [2.05, 4.69) is 47.4 Å². The molecule has 1 aliphatic heterocycles. The third kappa shape index (κ3) is 17.6. The number of carbonyl (C=O) groups excluding carboxylic acids is 2. The summed E-state index contributed by atoms with van der Waals surface area (Å²) in [6, 6.07) is 0. The fraction of sp³-hybridized carbons (Fsp3) is 0.667. The second-order valence-electron chi connectivity index (χ2n) is 14.3. The highest BCUT2D eigenvalue weighted by Gasteiger charge is 2.50. The van der Waals surface area contributed by atoms with Crippen LogP contribution in [0.2, 0.25) is 0 Å². The zero-order valence-electron chi connectivity index (χ0n) is 33.4. The number of nitrogen functional groups attached to an aromatic ring is 1. The lowest BCUT2D eigenvalue weighted by Gasteiger charge is -2.30. The normalized spacial score (nSPS) is 21.4. The zero-order valence-corrected chi connectivity index (χ0v) is 36.9. The van der Waals surface area contributed by atoms with Crippen molar-refractivity contribution in [1.29, 1.82) is 0 Å². The van der Waals surface area contributed by atoms with Gasteiger partial charge in [0.1, 0.15) is 36.3 Å². The number of nitrogens with two attached hydrogens (primary N) is 1. The van der Waals surface area contributed by atoms with Gasteiger partial charge in [-0.25, -0.2) is 28.6 Å². The van der Waals surface area contributed by atoms with Gasteiger partial charge in [-0.3, -0.25) is 27.7 Å². The lowest BCUT2D eigenvalue weighted by atomic mass is 9.87. The molecule has 2 aromatic heterocycles. The maximum atomic E-state index is 12.7. The summed E-state index contributed by atoms with van der Waals surface area (Å²) in [4.78, 5) is 75.9. The predicted molar refractivity (Wildman–Crippen MR) is 218 cm³/mol. The number of phosphoric acid groups is 3. The first-order valence-electron chi connectivity index (χ1n) is 19.0. The lowest BCUT2D eigenvalue weighted by molar-refractivity contribution is -0.137. The molecule has 0 bridgehead atoms. The summed E-state index contributed by atoms with van der Waals surface area (Å²) in [5, 5.41) is 28.6. The molecule has 2 amide bonds. The number of imidazole rings is 1. The molecule has 0 aliphatic carbocycles. The number of anilines is 1. The molecular weight excluding hydrogens is 875 g/mol. The number of fused-ring (bicyclic) bond motifs is 1. The Hall–Kier alpha value is -2.63. The molecule has 0 spiro atoms. The molecular formula is C33H56N7O16P3S. The van der Waals surface area contributed by atoms with E-state index in [1.165, 1.54) is 64.1 Å². The van der Waals surface area contributed by atoms with Crippen LogP contribution in [-0.4, -0.2) is 118 Å². The first-order chi connectivity index (χ1) is 28.2. The second kappa shape index (κ2) is 24.3. The highest BCUT2D eigenvalue weighted by Crippen LogP contribution is 2.61. The van der Waals surface area contributed by atoms with Gasteiger partial charge in [-0.15, -0.1) is 11.8 Å². The average molecular weight is 932 g/mol. The Morgan fingerprint density at radius 3 is 2.43 bits per heavy atom. The number of unbranched alkanes of at least 4 members (excludes halogenated alkanes) is 6. The maximum Gasteiger partial charge on any atom is 0.481 e. The first kappa shape index (κ1) is 51.7. The second-order valence-corrected chi connectivity index (χ2v) is 19.5. The van der Waals surface area contributed by atoms with Crippen LogP contribution in [0.4, 0.5) is 5.82 Å². The third-order valence-corrected chi connectivity index (χ3v) is 12.7. The fourth-order valence-electron chi connectivity index (χ4n) is 5.58. The van der Waals surface area contributed by atoms with Crippen molar-refractivity contribution in [3.05, 3.63) is 36.3 Å². The molecule has 340 valence electrons. The molecule has 3 rings (SSSR count). The van der Waals surface area contributed by atoms with Gasteiger partial charge in [0.2, 0.25) is 11.8 Å². The Bertz CT molecular complexity index is 1900. The van der Waals surface area contributed by atoms with Crippen LogP contribution in [0.1, 0.15) is 78.4 Å². The largest absolute Gasteiger partial charge is 0.481 e. The van der Waals surface area contributed by atoms with Crippen molar-refractivity contribution < 1.29 is 75.7 Å². The minimum atomic E-state index is -5.56. The van der Waals surface area contributed by atoms with Gasteiger partial charge in [0, 0.05) is 30.7 Å². The topological polar surface area (TPSA) is 347 Å². The Morgan fingerprint density at radius 1 is 1.02 bits per heavy atom. The van der Waals surface area contributed by atoms with Crippen LogP contribution in [0.25, 0.3) is 11.2 Å². The van der Waals surface area contributed by atoms with Crippen LogP contribution in [0, 0.1) is 5.41 Å². The number of hydrogen-bond donors (Lipinski definition) is 9. The summed E-state index contributed by atoms with van der Waals surface area (Å²) in [6.07, 6.45) is 7.92. The van der Waals surface area contributed by atoms with Gasteiger partial charge < -0.3 is 50.9 Å². The number of aromatic nitrogens is 4. The summed E-state index contributed by atoms with van der Waals surface area (Å²) < 4.78 is 62.3. The number of thioether (sulfide) groups is 1. The number of hydrogen-bond acceptors (Lipinski definition) is 17. The molecule has 23 nitrogen and oxygen atoms in total. The highest BCUT2D eigenvalue weighted by atomic mass is 32.2. The highest BCUT2D eigenvalue weighted by molar-refractivity contribution is 8.02. The maximum absolute atomic E-state index is 12.7. The summed E-state index contributed by atoms with van der Waals surface area (Å²) in [5.41, 5.74) is 4.32. The third-order valence-electron chi connectivity index (χ3n) is 8.77. The molecule has 7 atom stereocenters. The van der Waals surface area contributed by atoms with E-state index in [0.29, 0.717) is 12.3 Å². The Morgan fingerprint density at radius 2 is 1.72 bits per heavy atom. The molecule has 0 saturated carbocycles. The number of phosphoric ester groups is 3. The average Bonchev–Trinajstić information content (AvgIpc) is 3.73. The van der Waals surface area contributed by atoms with Crippen LogP contribution in [0.15, 0.2) is 36.3 Å². The molecule has 27 heteroatoms. The van der Waals surface area contributed by atoms with Crippen molar-refractivity contribution in [3.8, 4) is 0 Å². The quantitative estimate of drug-likeness (QED) is 0.0336. The zero-order chi connectivity index (χ0) is 44.6. The number of amides is 2. The smallest absolute Gasteiger partial charge is 0.386 e. The number of carbonyl (C=O) groups is 2. The predicted octanol–water partition coefficient (Wildman–Crippen LogP) is 2.96. The summed E-state index contributed by atoms with van der Waals surface area (Å²) >= 11 is 1.53. The Kier molecular flexibility index (Phi) is 20.9. The van der Waals surface area contributed by atoms with Gasteiger partial charge in [0.15, 0.2) is 17.7 Å². The SMILES string of the molecule is CCCCCCCCC=CC=CSCCNC(=O)CCNC(=O)[C@H](O)C(C)(C)COP(=O)(O)OP(=O)(O)OC[C@H]1O[C@@H](n2cnc3c(N)ncnc32)[C@H](O)[C@@H]1OP(=O)(O)O. The standard InChI is InChI=1S/C33H56N7O16P3S/c1-4-5-6-7-8-9-10-11-12-13-17-60-18-16-35-24(41)14-15-36-31(44)28(43)33(2,3)20-53-59(50,51)56-58(48,49)52-19-23-27(55-57(45,46)47)26(42)32(54-23)40-22-39-25-29(34)37-21-38-30(25)40/h11-13,17,21-23,26-28,32,42-43H,4-10,14-16,18-20H2,1-3H3,(H,35,41)(H,36,44)(H,48,49)(H,50,51)(H2,34,37,38)(H2,45,46,47)/t23-,26-,27-,28+,32-/m1/s1. The molecule has 60 heavy (non-hydrogen) atoms. The van der Waals surface area contributed by atoms with Crippen LogP contribution < -0.4 is 16.4 Å². The van der Waals surface area contributed by atoms with Crippen LogP contribution in [0.5, 0.6) is 0 Å². The number of nitrogens with one attached hydrogen (secondary N) is 2. The van der Waals surface area contributed by atoms with Crippen molar-refractivity contribution in [2.75, 3.05) is 37.8 Å². The van der Waals surface area contributed by atoms with E-state index in [1.54, 1.807) is 0 Å². The fourth-order valence-corrected chi connectivity index (χ4v) is 8.96. The lowest BCUT2D eigenvalue weighted by Crippen LogP contribution is -2.46. The summed E-state index contributed by atoms with van der Waals surface area (Å²) in [5.74, 6) is -0.671. The van der Waals surface area contributed by atoms with Gasteiger partial charge in [-0.1, -0.05) is 71.1 Å². The van der Waals surface area contributed by atoms with Crippen LogP contribution >= 0.6 is 35.2 Å². The molecule has 3 heterocycles. The Labute approximate surface area is 351 Å². The van der Waals surface area contributed by atoms with Crippen LogP contribution in [0.3, 0.4) is 0 Å².